The van der Waals surface area contributed by atoms with Crippen LogP contribution in [0.3, 0.4) is 0 Å². The Labute approximate surface area is 129 Å². The highest BCUT2D eigenvalue weighted by Crippen LogP contribution is 2.22. The summed E-state index contributed by atoms with van der Waals surface area (Å²) >= 11 is 0. The van der Waals surface area contributed by atoms with E-state index in [0.29, 0.717) is 17.5 Å². The summed E-state index contributed by atoms with van der Waals surface area (Å²) in [5.74, 6) is -1.03. The van der Waals surface area contributed by atoms with Crippen LogP contribution in [0.15, 0.2) is 24.3 Å². The summed E-state index contributed by atoms with van der Waals surface area (Å²) in [7, 11) is 0. The van der Waals surface area contributed by atoms with Crippen LogP contribution in [0, 0.1) is 5.41 Å². The number of hydrogen-bond donors (Lipinski definition) is 1. The van der Waals surface area contributed by atoms with Gasteiger partial charge in [0.2, 0.25) is 5.91 Å². The Hall–Kier alpha value is -2.21. The minimum Gasteiger partial charge on any atom is -0.354 e. The van der Waals surface area contributed by atoms with Gasteiger partial charge in [0.15, 0.2) is 0 Å². The van der Waals surface area contributed by atoms with Gasteiger partial charge in [-0.05, 0) is 17.5 Å². The molecule has 1 aliphatic rings. The third-order valence-corrected chi connectivity index (χ3v) is 3.09. The number of nitrogens with zero attached hydrogens (tertiary/aromatic N) is 1. The quantitative estimate of drug-likeness (QED) is 0.664. The largest absolute Gasteiger partial charge is 0.354 e. The highest BCUT2D eigenvalue weighted by atomic mass is 16.7. The van der Waals surface area contributed by atoms with Gasteiger partial charge in [-0.25, -0.2) is 0 Å². The van der Waals surface area contributed by atoms with Crippen LogP contribution in [0.1, 0.15) is 47.9 Å². The molecule has 6 heteroatoms. The van der Waals surface area contributed by atoms with Crippen molar-refractivity contribution >= 4 is 17.7 Å². The zero-order chi connectivity index (χ0) is 16.3. The lowest BCUT2D eigenvalue weighted by Crippen LogP contribution is -2.35. The van der Waals surface area contributed by atoms with E-state index in [1.807, 2.05) is 20.8 Å². The minimum absolute atomic E-state index is 0.0569. The van der Waals surface area contributed by atoms with Gasteiger partial charge in [0, 0.05) is 13.0 Å². The molecule has 0 radical (unpaired) electrons. The average molecular weight is 304 g/mol. The molecule has 0 aliphatic carbocycles. The summed E-state index contributed by atoms with van der Waals surface area (Å²) in [5.41, 5.74) is 0.585. The third-order valence-electron chi connectivity index (χ3n) is 3.09. The predicted molar refractivity (Wildman–Crippen MR) is 80.0 cm³/mol. The van der Waals surface area contributed by atoms with Gasteiger partial charge >= 0.3 is 0 Å². The molecule has 22 heavy (non-hydrogen) atoms. The van der Waals surface area contributed by atoms with Crippen molar-refractivity contribution in [3.05, 3.63) is 35.4 Å². The van der Waals surface area contributed by atoms with Crippen molar-refractivity contribution in [3.8, 4) is 0 Å². The van der Waals surface area contributed by atoms with E-state index in [9.17, 15) is 14.4 Å². The molecule has 2 rings (SSSR count). The molecule has 0 unspecified atom stereocenters. The van der Waals surface area contributed by atoms with Gasteiger partial charge in [0.25, 0.3) is 11.8 Å². The Bertz CT molecular complexity index is 569. The molecule has 0 bridgehead atoms. The van der Waals surface area contributed by atoms with Crippen LogP contribution in [0.4, 0.5) is 0 Å². The van der Waals surface area contributed by atoms with Crippen LogP contribution in [0.25, 0.3) is 0 Å². The summed E-state index contributed by atoms with van der Waals surface area (Å²) in [6.07, 6.45) is 0.403. The molecule has 3 amide bonds. The Morgan fingerprint density at radius 2 is 1.68 bits per heavy atom. The van der Waals surface area contributed by atoms with E-state index < -0.39 is 11.8 Å². The molecular weight excluding hydrogens is 284 g/mol. The fraction of sp³-hybridized carbons (Fsp3) is 0.438. The first-order chi connectivity index (χ1) is 10.3. The van der Waals surface area contributed by atoms with Crippen molar-refractivity contribution in [1.82, 2.24) is 10.4 Å². The van der Waals surface area contributed by atoms with Crippen molar-refractivity contribution < 1.29 is 19.2 Å². The number of carbonyl (C=O) groups is 3. The second-order valence-electron chi connectivity index (χ2n) is 6.37. The van der Waals surface area contributed by atoms with Gasteiger partial charge in [-0.1, -0.05) is 32.9 Å². The molecule has 0 saturated carbocycles. The Morgan fingerprint density at radius 1 is 1.14 bits per heavy atom. The van der Waals surface area contributed by atoms with Crippen molar-refractivity contribution in [3.63, 3.8) is 0 Å². The van der Waals surface area contributed by atoms with E-state index in [1.165, 1.54) is 0 Å². The second-order valence-corrected chi connectivity index (χ2v) is 6.37. The van der Waals surface area contributed by atoms with Crippen LogP contribution < -0.4 is 5.32 Å². The number of carbonyl (C=O) groups excluding carboxylic acids is 3. The molecular formula is C16H20N2O4. The molecule has 0 fully saturated rings. The fourth-order valence-corrected chi connectivity index (χ4v) is 2.16. The van der Waals surface area contributed by atoms with E-state index in [2.05, 4.69) is 5.32 Å². The number of hydroxylamine groups is 2. The second kappa shape index (κ2) is 6.27. The zero-order valence-electron chi connectivity index (χ0n) is 13.0. The molecule has 0 atom stereocenters. The maximum Gasteiger partial charge on any atom is 0.285 e. The van der Waals surface area contributed by atoms with Gasteiger partial charge < -0.3 is 5.32 Å². The summed E-state index contributed by atoms with van der Waals surface area (Å²) < 4.78 is 0. The number of rotatable bonds is 5. The SMILES string of the molecule is CC(C)(C)CC(=O)NCCON1C(=O)c2ccccc2C1=O. The molecule has 1 aromatic carbocycles. The van der Waals surface area contributed by atoms with E-state index in [0.717, 1.165) is 5.06 Å². The van der Waals surface area contributed by atoms with Gasteiger partial charge in [0.05, 0.1) is 17.7 Å². The molecule has 118 valence electrons. The number of benzene rings is 1. The first-order valence-electron chi connectivity index (χ1n) is 7.17. The first kappa shape index (κ1) is 16.2. The predicted octanol–water partition coefficient (Wildman–Crippen LogP) is 1.77. The van der Waals surface area contributed by atoms with Crippen molar-refractivity contribution in [2.75, 3.05) is 13.2 Å². The van der Waals surface area contributed by atoms with Crippen LogP contribution in [0.5, 0.6) is 0 Å². The standard InChI is InChI=1S/C16H20N2O4/c1-16(2,3)10-13(19)17-8-9-22-18-14(20)11-6-4-5-7-12(11)15(18)21/h4-7H,8-10H2,1-3H3,(H,17,19). The van der Waals surface area contributed by atoms with Gasteiger partial charge in [-0.15, -0.1) is 5.06 Å². The fourth-order valence-electron chi connectivity index (χ4n) is 2.16. The van der Waals surface area contributed by atoms with Crippen molar-refractivity contribution in [1.29, 1.82) is 0 Å². The number of fused-ring (bicyclic) bond motifs is 1. The first-order valence-corrected chi connectivity index (χ1v) is 7.17. The topological polar surface area (TPSA) is 75.7 Å². The lowest BCUT2D eigenvalue weighted by molar-refractivity contribution is -0.124. The normalized spacial score (nSPS) is 14.2. The Morgan fingerprint density at radius 3 is 2.18 bits per heavy atom. The maximum absolute atomic E-state index is 12.0. The number of nitrogens with one attached hydrogen (secondary N) is 1. The molecule has 1 aliphatic heterocycles. The summed E-state index contributed by atoms with van der Waals surface area (Å²) in [6, 6.07) is 6.56. The van der Waals surface area contributed by atoms with E-state index in [4.69, 9.17) is 4.84 Å². The molecule has 1 aromatic rings. The Kier molecular flexibility index (Phi) is 4.61. The smallest absolute Gasteiger partial charge is 0.285 e. The lowest BCUT2D eigenvalue weighted by Gasteiger charge is -2.18. The van der Waals surface area contributed by atoms with Crippen molar-refractivity contribution in [2.24, 2.45) is 5.41 Å². The maximum atomic E-state index is 12.0. The number of imide groups is 1. The molecule has 0 spiro atoms. The van der Waals surface area contributed by atoms with E-state index in [-0.39, 0.29) is 24.5 Å². The van der Waals surface area contributed by atoms with E-state index in [1.54, 1.807) is 24.3 Å². The van der Waals surface area contributed by atoms with Crippen molar-refractivity contribution in [2.45, 2.75) is 27.2 Å². The summed E-state index contributed by atoms with van der Waals surface area (Å²) in [5, 5.41) is 3.45. The van der Waals surface area contributed by atoms with E-state index >= 15 is 0 Å². The monoisotopic (exact) mass is 304 g/mol. The number of hydrogen-bond acceptors (Lipinski definition) is 4. The van der Waals surface area contributed by atoms with Gasteiger partial charge in [-0.3, -0.25) is 19.2 Å². The van der Waals surface area contributed by atoms with Crippen LogP contribution in [0.2, 0.25) is 0 Å². The molecule has 0 aromatic heterocycles. The van der Waals surface area contributed by atoms with Gasteiger partial charge in [0.1, 0.15) is 0 Å². The minimum atomic E-state index is -0.471. The van der Waals surface area contributed by atoms with Crippen LogP contribution in [-0.2, 0) is 9.63 Å². The summed E-state index contributed by atoms with van der Waals surface area (Å²) in [4.78, 5) is 40.9. The molecule has 6 nitrogen and oxygen atoms in total. The average Bonchev–Trinajstić information content (AvgIpc) is 2.67. The zero-order valence-corrected chi connectivity index (χ0v) is 13.0. The number of amides is 3. The van der Waals surface area contributed by atoms with Gasteiger partial charge in [-0.2, -0.15) is 0 Å². The van der Waals surface area contributed by atoms with Crippen LogP contribution >= 0.6 is 0 Å². The third kappa shape index (κ3) is 3.71. The lowest BCUT2D eigenvalue weighted by atomic mass is 9.92. The molecule has 0 saturated heterocycles. The Balaban J connectivity index is 1.81. The highest BCUT2D eigenvalue weighted by molar-refractivity contribution is 6.20. The molecule has 1 heterocycles. The van der Waals surface area contributed by atoms with Crippen LogP contribution in [-0.4, -0.2) is 35.9 Å². The molecule has 1 N–H and O–H groups in total. The highest BCUT2D eigenvalue weighted by Gasteiger charge is 2.36. The summed E-state index contributed by atoms with van der Waals surface area (Å²) in [6.45, 7) is 6.22.